The lowest BCUT2D eigenvalue weighted by Crippen LogP contribution is -2.36. The second-order valence-corrected chi connectivity index (χ2v) is 5.54. The van der Waals surface area contributed by atoms with E-state index in [-0.39, 0.29) is 5.75 Å². The summed E-state index contributed by atoms with van der Waals surface area (Å²) in [5.41, 5.74) is 3.76. The minimum atomic E-state index is -2.85. The van der Waals surface area contributed by atoms with Gasteiger partial charge in [-0.25, -0.2) is 0 Å². The number of halogens is 2. The molecule has 0 saturated heterocycles. The fourth-order valence-electron chi connectivity index (χ4n) is 2.51. The molecule has 0 aliphatic carbocycles. The third-order valence-electron chi connectivity index (χ3n) is 3.95. The van der Waals surface area contributed by atoms with Gasteiger partial charge in [-0.05, 0) is 19.9 Å². The highest BCUT2D eigenvalue weighted by Crippen LogP contribution is 2.19. The van der Waals surface area contributed by atoms with E-state index in [0.29, 0.717) is 24.6 Å². The Kier molecular flexibility index (Phi) is 6.32. The molecule has 2 rings (SSSR count). The average molecular weight is 351 g/mol. The summed E-state index contributed by atoms with van der Waals surface area (Å²) >= 11 is 0. The number of aliphatic imine (C=N–C) groups is 1. The van der Waals surface area contributed by atoms with E-state index in [9.17, 15) is 8.78 Å². The topological polar surface area (TPSA) is 63.5 Å². The van der Waals surface area contributed by atoms with Gasteiger partial charge >= 0.3 is 6.61 Å². The van der Waals surface area contributed by atoms with Gasteiger partial charge in [0.15, 0.2) is 5.96 Å². The van der Waals surface area contributed by atoms with E-state index in [4.69, 9.17) is 0 Å². The molecule has 2 aromatic rings. The van der Waals surface area contributed by atoms with Gasteiger partial charge in [0.25, 0.3) is 0 Å². The summed E-state index contributed by atoms with van der Waals surface area (Å²) in [5.74, 6) is 0.717. The zero-order valence-corrected chi connectivity index (χ0v) is 14.8. The molecule has 0 aliphatic heterocycles. The second kappa shape index (κ2) is 8.46. The van der Waals surface area contributed by atoms with Crippen LogP contribution in [0.4, 0.5) is 8.78 Å². The molecule has 0 radical (unpaired) electrons. The zero-order chi connectivity index (χ0) is 18.4. The van der Waals surface area contributed by atoms with Crippen LogP contribution >= 0.6 is 0 Å². The maximum atomic E-state index is 12.5. The molecule has 0 saturated carbocycles. The van der Waals surface area contributed by atoms with E-state index in [0.717, 1.165) is 17.0 Å². The molecule has 1 aromatic heterocycles. The fourth-order valence-corrected chi connectivity index (χ4v) is 2.51. The van der Waals surface area contributed by atoms with Crippen molar-refractivity contribution in [1.29, 1.82) is 0 Å². The lowest BCUT2D eigenvalue weighted by Gasteiger charge is -2.14. The number of aromatic nitrogens is 2. The maximum Gasteiger partial charge on any atom is 0.387 e. The zero-order valence-electron chi connectivity index (χ0n) is 14.8. The number of nitrogens with one attached hydrogen (secondary N) is 2. The maximum absolute atomic E-state index is 12.5. The number of hydrogen-bond donors (Lipinski definition) is 2. The Balaban J connectivity index is 1.97. The number of benzene rings is 1. The molecule has 1 heterocycles. The Morgan fingerprint density at radius 2 is 1.92 bits per heavy atom. The van der Waals surface area contributed by atoms with Crippen molar-refractivity contribution in [3.63, 3.8) is 0 Å². The van der Waals surface area contributed by atoms with Crippen molar-refractivity contribution >= 4 is 5.96 Å². The highest BCUT2D eigenvalue weighted by molar-refractivity contribution is 5.79. The summed E-state index contributed by atoms with van der Waals surface area (Å²) in [7, 11) is 3.55. The number of nitrogens with zero attached hydrogens (tertiary/aromatic N) is 3. The molecule has 6 nitrogen and oxygen atoms in total. The van der Waals surface area contributed by atoms with Gasteiger partial charge in [0, 0.05) is 44.0 Å². The molecule has 2 N–H and O–H groups in total. The van der Waals surface area contributed by atoms with Crippen LogP contribution in [0.15, 0.2) is 29.3 Å². The largest absolute Gasteiger partial charge is 0.434 e. The molecule has 0 spiro atoms. The number of ether oxygens (including phenoxy) is 1. The molecular formula is C17H23F2N5O. The molecular weight excluding hydrogens is 328 g/mol. The normalized spacial score (nSPS) is 11.7. The van der Waals surface area contributed by atoms with Gasteiger partial charge in [-0.15, -0.1) is 0 Å². The molecule has 25 heavy (non-hydrogen) atoms. The molecule has 0 unspecified atom stereocenters. The van der Waals surface area contributed by atoms with Crippen LogP contribution in [0.25, 0.3) is 0 Å². The van der Waals surface area contributed by atoms with Crippen molar-refractivity contribution in [2.75, 3.05) is 7.05 Å². The van der Waals surface area contributed by atoms with E-state index in [2.05, 4.69) is 25.5 Å². The van der Waals surface area contributed by atoms with Crippen molar-refractivity contribution in [3.05, 3.63) is 46.8 Å². The summed E-state index contributed by atoms with van der Waals surface area (Å²) in [5, 5.41) is 10.7. The van der Waals surface area contributed by atoms with E-state index in [1.807, 2.05) is 25.6 Å². The summed E-state index contributed by atoms with van der Waals surface area (Å²) in [6, 6.07) is 6.67. The standard InChI is InChI=1S/C17H23F2N5O/c1-11-14(12(2)24(4)23-11)10-22-17(20-3)21-9-13-7-5-6-8-15(13)25-16(18)19/h5-8,16H,9-10H2,1-4H3,(H2,20,21,22). The highest BCUT2D eigenvalue weighted by Gasteiger charge is 2.11. The van der Waals surface area contributed by atoms with Crippen molar-refractivity contribution in [2.45, 2.75) is 33.5 Å². The molecule has 0 aliphatic rings. The average Bonchev–Trinajstić information content (AvgIpc) is 2.81. The van der Waals surface area contributed by atoms with E-state index in [1.54, 1.807) is 25.2 Å². The van der Waals surface area contributed by atoms with E-state index in [1.165, 1.54) is 6.07 Å². The molecule has 0 amide bonds. The molecule has 0 fully saturated rings. The van der Waals surface area contributed by atoms with Gasteiger partial charge in [-0.3, -0.25) is 9.67 Å². The Morgan fingerprint density at radius 3 is 2.52 bits per heavy atom. The van der Waals surface area contributed by atoms with Gasteiger partial charge in [0.2, 0.25) is 0 Å². The van der Waals surface area contributed by atoms with Gasteiger partial charge in [0.1, 0.15) is 5.75 Å². The van der Waals surface area contributed by atoms with Crippen LogP contribution in [0.1, 0.15) is 22.5 Å². The summed E-state index contributed by atoms with van der Waals surface area (Å²) in [6.45, 7) is 1.99. The first-order chi connectivity index (χ1) is 11.9. The van der Waals surface area contributed by atoms with Crippen LogP contribution in [0.5, 0.6) is 5.75 Å². The lowest BCUT2D eigenvalue weighted by atomic mass is 10.2. The van der Waals surface area contributed by atoms with Crippen molar-refractivity contribution in [1.82, 2.24) is 20.4 Å². The molecule has 0 bridgehead atoms. The molecule has 8 heteroatoms. The number of guanidine groups is 1. The van der Waals surface area contributed by atoms with E-state index >= 15 is 0 Å². The van der Waals surface area contributed by atoms with Crippen LogP contribution in [-0.4, -0.2) is 29.4 Å². The smallest absolute Gasteiger partial charge is 0.387 e. The van der Waals surface area contributed by atoms with Crippen molar-refractivity contribution in [3.8, 4) is 5.75 Å². The Labute approximate surface area is 145 Å². The summed E-state index contributed by atoms with van der Waals surface area (Å²) in [6.07, 6.45) is 0. The number of rotatable bonds is 6. The third kappa shape index (κ3) is 4.91. The third-order valence-corrected chi connectivity index (χ3v) is 3.95. The SMILES string of the molecule is CN=C(NCc1ccccc1OC(F)F)NCc1c(C)nn(C)c1C. The first kappa shape index (κ1) is 18.7. The van der Waals surface area contributed by atoms with Crippen molar-refractivity contribution in [2.24, 2.45) is 12.0 Å². The van der Waals surface area contributed by atoms with Crippen LogP contribution in [-0.2, 0) is 20.1 Å². The fraction of sp³-hybridized carbons (Fsp3) is 0.412. The van der Waals surface area contributed by atoms with Crippen molar-refractivity contribution < 1.29 is 13.5 Å². The lowest BCUT2D eigenvalue weighted by molar-refractivity contribution is -0.0504. The monoisotopic (exact) mass is 351 g/mol. The van der Waals surface area contributed by atoms with Crippen LogP contribution in [0, 0.1) is 13.8 Å². The highest BCUT2D eigenvalue weighted by atomic mass is 19.3. The number of para-hydroxylation sites is 1. The van der Waals surface area contributed by atoms with Gasteiger partial charge < -0.3 is 15.4 Å². The Bertz CT molecular complexity index is 743. The van der Waals surface area contributed by atoms with E-state index < -0.39 is 6.61 Å². The van der Waals surface area contributed by atoms with Gasteiger partial charge in [-0.2, -0.15) is 13.9 Å². The molecule has 136 valence electrons. The second-order valence-electron chi connectivity index (χ2n) is 5.54. The van der Waals surface area contributed by atoms with Crippen LogP contribution < -0.4 is 15.4 Å². The van der Waals surface area contributed by atoms with Crippen LogP contribution in [0.3, 0.4) is 0 Å². The quantitative estimate of drug-likeness (QED) is 0.620. The minimum Gasteiger partial charge on any atom is -0.434 e. The number of alkyl halides is 2. The molecule has 0 atom stereocenters. The predicted molar refractivity (Wildman–Crippen MR) is 92.8 cm³/mol. The predicted octanol–water partition coefficient (Wildman–Crippen LogP) is 2.50. The molecule has 1 aromatic carbocycles. The first-order valence-corrected chi connectivity index (χ1v) is 7.88. The first-order valence-electron chi connectivity index (χ1n) is 7.88. The van der Waals surface area contributed by atoms with Gasteiger partial charge in [-0.1, -0.05) is 18.2 Å². The summed E-state index contributed by atoms with van der Waals surface area (Å²) < 4.78 is 31.3. The summed E-state index contributed by atoms with van der Waals surface area (Å²) in [4.78, 5) is 4.15. The number of aryl methyl sites for hydroxylation is 2. The van der Waals surface area contributed by atoms with Gasteiger partial charge in [0.05, 0.1) is 5.69 Å². The van der Waals surface area contributed by atoms with Crippen LogP contribution in [0.2, 0.25) is 0 Å². The number of hydrogen-bond acceptors (Lipinski definition) is 3. The Morgan fingerprint density at radius 1 is 1.24 bits per heavy atom. The minimum absolute atomic E-state index is 0.152. The Hall–Kier alpha value is -2.64.